The van der Waals surface area contributed by atoms with Crippen LogP contribution in [0.15, 0.2) is 0 Å². The summed E-state index contributed by atoms with van der Waals surface area (Å²) in [6.07, 6.45) is 0. The lowest BCUT2D eigenvalue weighted by atomic mass is 10.1. The summed E-state index contributed by atoms with van der Waals surface area (Å²) in [4.78, 5) is 11.0. The highest BCUT2D eigenvalue weighted by Gasteiger charge is 2.31. The summed E-state index contributed by atoms with van der Waals surface area (Å²) in [7, 11) is -3.45. The van der Waals surface area contributed by atoms with Crippen LogP contribution in [0.5, 0.6) is 0 Å². The smallest absolute Gasteiger partial charge is 0.369 e. The Balaban J connectivity index is 4.65. The molecule has 0 aliphatic rings. The fourth-order valence-corrected chi connectivity index (χ4v) is 3.15. The highest BCUT2D eigenvalue weighted by atomic mass is 32.1. The Kier molecular flexibility index (Phi) is 8.61. The van der Waals surface area contributed by atoms with Crippen molar-refractivity contribution in [2.24, 2.45) is 5.92 Å². The van der Waals surface area contributed by atoms with Gasteiger partial charge in [0.2, 0.25) is 0 Å². The van der Waals surface area contributed by atoms with Gasteiger partial charge in [0.25, 0.3) is 0 Å². The molecule has 0 saturated carbocycles. The zero-order valence-electron chi connectivity index (χ0n) is 11.7. The van der Waals surface area contributed by atoms with Crippen molar-refractivity contribution in [1.82, 2.24) is 5.32 Å². The van der Waals surface area contributed by atoms with E-state index in [0.717, 1.165) is 0 Å². The van der Waals surface area contributed by atoms with E-state index in [-0.39, 0.29) is 30.3 Å². The number of nitrogens with one attached hydrogen (secondary N) is 1. The lowest BCUT2D eigenvalue weighted by molar-refractivity contribution is -0.140. The lowest BCUT2D eigenvalue weighted by Gasteiger charge is -2.21. The van der Waals surface area contributed by atoms with Gasteiger partial charge in [0.15, 0.2) is 0 Å². The molecule has 0 aromatic carbocycles. The van der Waals surface area contributed by atoms with Gasteiger partial charge in [-0.05, 0) is 19.8 Å². The van der Waals surface area contributed by atoms with Crippen LogP contribution in [0.25, 0.3) is 0 Å². The van der Waals surface area contributed by atoms with Crippen molar-refractivity contribution in [3.05, 3.63) is 0 Å². The van der Waals surface area contributed by atoms with Crippen LogP contribution in [-0.4, -0.2) is 41.5 Å². The van der Waals surface area contributed by atoms with Gasteiger partial charge in [-0.15, -0.1) is 0 Å². The Morgan fingerprint density at radius 3 is 2.11 bits per heavy atom. The molecule has 8 heteroatoms. The first-order chi connectivity index (χ1) is 8.78. The number of thiocarbonyl (C=S) groups is 1. The minimum atomic E-state index is -3.45. The monoisotopic (exact) mass is 311 g/mol. The van der Waals surface area contributed by atoms with Crippen molar-refractivity contribution >= 4 is 30.4 Å². The average Bonchev–Trinajstić information content (AvgIpc) is 2.28. The van der Waals surface area contributed by atoms with Crippen molar-refractivity contribution < 1.29 is 23.5 Å². The van der Waals surface area contributed by atoms with Gasteiger partial charge in [-0.3, -0.25) is 14.7 Å². The third kappa shape index (κ3) is 6.10. The van der Waals surface area contributed by atoms with Gasteiger partial charge in [-0.2, -0.15) is 0 Å². The third-order valence-corrected chi connectivity index (χ3v) is 5.09. The Morgan fingerprint density at radius 1 is 1.32 bits per heavy atom. The molecule has 112 valence electrons. The first-order valence-corrected chi connectivity index (χ1v) is 8.12. The van der Waals surface area contributed by atoms with Crippen molar-refractivity contribution in [2.75, 3.05) is 19.8 Å². The molecular formula is C11H22NO5PS. The molecule has 0 fully saturated rings. The quantitative estimate of drug-likeness (QED) is 0.473. The van der Waals surface area contributed by atoms with E-state index in [1.165, 1.54) is 0 Å². The van der Waals surface area contributed by atoms with Gasteiger partial charge in [-0.25, -0.2) is 0 Å². The molecule has 0 amide bonds. The molecule has 0 rings (SSSR count). The molecule has 0 bridgehead atoms. The van der Waals surface area contributed by atoms with Crippen molar-refractivity contribution in [1.29, 1.82) is 0 Å². The van der Waals surface area contributed by atoms with Crippen molar-refractivity contribution in [2.45, 2.75) is 33.7 Å². The van der Waals surface area contributed by atoms with E-state index in [9.17, 15) is 9.36 Å². The molecule has 1 atom stereocenters. The Labute approximate surface area is 119 Å². The number of hydrogen-bond donors (Lipinski definition) is 2. The Hall–Kier alpha value is -0.330. The predicted octanol–water partition coefficient (Wildman–Crippen LogP) is 2.28. The zero-order chi connectivity index (χ0) is 15.1. The number of carboxylic acid groups (broad SMARTS) is 1. The number of aliphatic carboxylic acids is 1. The van der Waals surface area contributed by atoms with Crippen LogP contribution in [0.1, 0.15) is 27.7 Å². The molecule has 2 N–H and O–H groups in total. The average molecular weight is 311 g/mol. The van der Waals surface area contributed by atoms with Gasteiger partial charge in [0.1, 0.15) is 10.6 Å². The predicted molar refractivity (Wildman–Crippen MR) is 77.7 cm³/mol. The fourth-order valence-electron chi connectivity index (χ4n) is 1.42. The molecule has 0 heterocycles. The maximum Gasteiger partial charge on any atom is 0.369 e. The summed E-state index contributed by atoms with van der Waals surface area (Å²) in [6.45, 7) is 7.36. The summed E-state index contributed by atoms with van der Waals surface area (Å²) in [5.41, 5.74) is 0. The van der Waals surface area contributed by atoms with Gasteiger partial charge in [0.05, 0.1) is 13.2 Å². The van der Waals surface area contributed by atoms with Crippen molar-refractivity contribution in [3.63, 3.8) is 0 Å². The standard InChI is InChI=1S/C11H22NO5PS/c1-5-16-18(15,17-6-2)9(19)7-12-10(8(3)4)11(13)14/h8,10,12H,5-7H2,1-4H3,(H,13,14)/t10-/m0/s1. The molecule has 0 aliphatic heterocycles. The first kappa shape index (κ1) is 18.7. The molecule has 0 radical (unpaired) electrons. The second-order valence-corrected chi connectivity index (χ2v) is 7.01. The van der Waals surface area contributed by atoms with Crippen LogP contribution < -0.4 is 5.32 Å². The number of hydrogen-bond acceptors (Lipinski definition) is 6. The molecule has 0 aromatic heterocycles. The molecule has 0 saturated heterocycles. The molecular weight excluding hydrogens is 289 g/mol. The summed E-state index contributed by atoms with van der Waals surface area (Å²) in [6, 6.07) is -0.755. The first-order valence-electron chi connectivity index (χ1n) is 6.17. The Bertz CT molecular complexity index is 351. The normalized spacial score (nSPS) is 13.5. The molecule has 0 aliphatic carbocycles. The summed E-state index contributed by atoms with van der Waals surface area (Å²) in [5, 5.41) is 11.8. The maximum atomic E-state index is 12.3. The third-order valence-electron chi connectivity index (χ3n) is 2.31. The van der Waals surface area contributed by atoms with E-state index < -0.39 is 19.6 Å². The number of carbonyl (C=O) groups is 1. The Morgan fingerprint density at radius 2 is 1.79 bits per heavy atom. The van der Waals surface area contributed by atoms with Crippen LogP contribution >= 0.6 is 19.8 Å². The largest absolute Gasteiger partial charge is 0.480 e. The molecule has 19 heavy (non-hydrogen) atoms. The van der Waals surface area contributed by atoms with E-state index in [2.05, 4.69) is 5.32 Å². The zero-order valence-corrected chi connectivity index (χ0v) is 13.4. The van der Waals surface area contributed by atoms with E-state index in [4.69, 9.17) is 26.4 Å². The van der Waals surface area contributed by atoms with Crippen LogP contribution in [0.3, 0.4) is 0 Å². The van der Waals surface area contributed by atoms with E-state index in [0.29, 0.717) is 0 Å². The fraction of sp³-hybridized carbons (Fsp3) is 0.818. The molecule has 0 aromatic rings. The van der Waals surface area contributed by atoms with Crippen LogP contribution in [-0.2, 0) is 18.4 Å². The van der Waals surface area contributed by atoms with Crippen LogP contribution in [0, 0.1) is 5.92 Å². The summed E-state index contributed by atoms with van der Waals surface area (Å²) in [5.74, 6) is -1.08. The molecule has 6 nitrogen and oxygen atoms in total. The topological polar surface area (TPSA) is 84.9 Å². The van der Waals surface area contributed by atoms with E-state index in [1.807, 2.05) is 0 Å². The highest BCUT2D eigenvalue weighted by Crippen LogP contribution is 2.49. The lowest BCUT2D eigenvalue weighted by Crippen LogP contribution is -2.43. The number of rotatable bonds is 10. The van der Waals surface area contributed by atoms with Crippen molar-refractivity contribution in [3.8, 4) is 0 Å². The summed E-state index contributed by atoms with van der Waals surface area (Å²) >= 11 is 5.04. The van der Waals surface area contributed by atoms with Gasteiger partial charge < -0.3 is 14.2 Å². The van der Waals surface area contributed by atoms with E-state index in [1.54, 1.807) is 27.7 Å². The second-order valence-electron chi connectivity index (χ2n) is 4.17. The van der Waals surface area contributed by atoms with Gasteiger partial charge in [-0.1, -0.05) is 26.1 Å². The minimum Gasteiger partial charge on any atom is -0.480 e. The maximum absolute atomic E-state index is 12.3. The summed E-state index contributed by atoms with van der Waals surface area (Å²) < 4.78 is 22.5. The van der Waals surface area contributed by atoms with Crippen LogP contribution in [0.4, 0.5) is 0 Å². The van der Waals surface area contributed by atoms with E-state index >= 15 is 0 Å². The van der Waals surface area contributed by atoms with Gasteiger partial charge in [0, 0.05) is 6.54 Å². The molecule has 0 unspecified atom stereocenters. The number of carboxylic acids is 1. The SMILES string of the molecule is CCOP(=O)(OCC)C(=S)CN[C@H](C(=O)O)C(C)C. The van der Waals surface area contributed by atoms with Gasteiger partial charge >= 0.3 is 13.6 Å². The minimum absolute atomic E-state index is 0.00174. The highest BCUT2D eigenvalue weighted by molar-refractivity contribution is 7.97. The second kappa shape index (κ2) is 8.76. The van der Waals surface area contributed by atoms with Crippen LogP contribution in [0.2, 0.25) is 0 Å². The molecule has 0 spiro atoms.